The topological polar surface area (TPSA) is 115 Å². The number of aromatic nitrogens is 5. The molecule has 0 saturated carbocycles. The molecule has 0 atom stereocenters. The van der Waals surface area contributed by atoms with Gasteiger partial charge >= 0.3 is 0 Å². The van der Waals surface area contributed by atoms with E-state index in [-0.39, 0.29) is 0 Å². The largest absolute Gasteiger partial charge is 0.497 e. The number of nitrogens with one attached hydrogen (secondary N) is 1. The smallest absolute Gasteiger partial charge is 0.163 e. The summed E-state index contributed by atoms with van der Waals surface area (Å²) in [6, 6.07) is 19.7. The minimum absolute atomic E-state index is 0.376. The molecule has 0 aliphatic heterocycles. The summed E-state index contributed by atoms with van der Waals surface area (Å²) in [5, 5.41) is 13.0. The van der Waals surface area contributed by atoms with E-state index in [4.69, 9.17) is 23.7 Å². The van der Waals surface area contributed by atoms with Crippen LogP contribution in [0.2, 0.25) is 0 Å². The summed E-state index contributed by atoms with van der Waals surface area (Å²) in [5.74, 6) is 2.64. The summed E-state index contributed by atoms with van der Waals surface area (Å²) >= 11 is 0. The lowest BCUT2D eigenvalue weighted by atomic mass is 10.1. The van der Waals surface area contributed by atoms with E-state index in [9.17, 15) is 0 Å². The van der Waals surface area contributed by atoms with Gasteiger partial charge in [0.25, 0.3) is 0 Å². The minimum Gasteiger partial charge on any atom is -0.497 e. The van der Waals surface area contributed by atoms with Crippen LogP contribution in [0.15, 0.2) is 73.2 Å². The van der Waals surface area contributed by atoms with Gasteiger partial charge in [-0.2, -0.15) is 0 Å². The first-order valence-electron chi connectivity index (χ1n) is 13.6. The summed E-state index contributed by atoms with van der Waals surface area (Å²) in [5.41, 5.74) is 4.46. The predicted octanol–water partition coefficient (Wildman–Crippen LogP) is 4.93. The van der Waals surface area contributed by atoms with Crippen molar-refractivity contribution in [3.63, 3.8) is 0 Å². The predicted molar refractivity (Wildman–Crippen MR) is 160 cm³/mol. The molecule has 0 unspecified atom stereocenters. The Hall–Kier alpha value is -4.74. The number of rotatable bonds is 15. The molecule has 11 nitrogen and oxygen atoms in total. The number of ether oxygens (including phenoxy) is 5. The van der Waals surface area contributed by atoms with Gasteiger partial charge < -0.3 is 29.0 Å². The Labute approximate surface area is 244 Å². The fraction of sp³-hybridized carbons (Fsp3) is 0.290. The number of hydrogen-bond acceptors (Lipinski definition) is 10. The molecule has 42 heavy (non-hydrogen) atoms. The number of methoxy groups -OCH3 is 3. The monoisotopic (exact) mass is 570 g/mol. The van der Waals surface area contributed by atoms with Gasteiger partial charge in [0.05, 0.1) is 32.0 Å². The van der Waals surface area contributed by atoms with Crippen molar-refractivity contribution < 1.29 is 23.7 Å². The second-order valence-electron chi connectivity index (χ2n) is 9.40. The number of benzene rings is 3. The van der Waals surface area contributed by atoms with Gasteiger partial charge in [-0.1, -0.05) is 29.5 Å². The standard InChI is InChI=1S/C31H34N6O5/c1-38-12-14-41-29-18-26-27(19-30(29)42-15-13-39-2)32-21-33-31(26)34-24-8-5-7-23(17-24)28-20-37(36-35-28)11-10-22-6-4-9-25(16-22)40-3/h4-9,16-21H,10-15H2,1-3H3,(H,32,33,34). The van der Waals surface area contributed by atoms with E-state index in [1.54, 1.807) is 21.3 Å². The Kier molecular flexibility index (Phi) is 9.76. The molecular weight excluding hydrogens is 536 g/mol. The molecule has 2 aromatic heterocycles. The highest BCUT2D eigenvalue weighted by molar-refractivity contribution is 5.93. The van der Waals surface area contributed by atoms with Gasteiger partial charge in [-0.15, -0.1) is 5.10 Å². The third-order valence-corrected chi connectivity index (χ3v) is 6.51. The van der Waals surface area contributed by atoms with Crippen LogP contribution in [0.25, 0.3) is 22.2 Å². The zero-order chi connectivity index (χ0) is 29.1. The van der Waals surface area contributed by atoms with Crippen LogP contribution < -0.4 is 19.5 Å². The number of hydrogen-bond donors (Lipinski definition) is 1. The first-order valence-corrected chi connectivity index (χ1v) is 13.6. The molecular formula is C31H34N6O5. The molecule has 3 aromatic carbocycles. The fourth-order valence-electron chi connectivity index (χ4n) is 4.36. The van der Waals surface area contributed by atoms with Crippen molar-refractivity contribution in [2.45, 2.75) is 13.0 Å². The van der Waals surface area contributed by atoms with Gasteiger partial charge in [-0.3, -0.25) is 4.68 Å². The van der Waals surface area contributed by atoms with E-state index in [0.717, 1.165) is 34.5 Å². The second-order valence-corrected chi connectivity index (χ2v) is 9.40. The van der Waals surface area contributed by atoms with E-state index in [0.29, 0.717) is 55.8 Å². The van der Waals surface area contributed by atoms with Gasteiger partial charge in [0.1, 0.15) is 36.8 Å². The summed E-state index contributed by atoms with van der Waals surface area (Å²) in [7, 11) is 4.93. The van der Waals surface area contributed by atoms with Gasteiger partial charge in [-0.25, -0.2) is 9.97 Å². The first kappa shape index (κ1) is 28.8. The van der Waals surface area contributed by atoms with Crippen molar-refractivity contribution in [2.24, 2.45) is 0 Å². The normalized spacial score (nSPS) is 11.0. The lowest BCUT2D eigenvalue weighted by Crippen LogP contribution is -2.09. The zero-order valence-electron chi connectivity index (χ0n) is 23.9. The van der Waals surface area contributed by atoms with Crippen LogP contribution in [-0.2, 0) is 22.4 Å². The van der Waals surface area contributed by atoms with E-state index in [2.05, 4.69) is 31.7 Å². The number of nitrogens with zero attached hydrogens (tertiary/aromatic N) is 5. The van der Waals surface area contributed by atoms with E-state index >= 15 is 0 Å². The van der Waals surface area contributed by atoms with Crippen LogP contribution >= 0.6 is 0 Å². The van der Waals surface area contributed by atoms with Gasteiger partial charge in [0.2, 0.25) is 0 Å². The third-order valence-electron chi connectivity index (χ3n) is 6.51. The maximum absolute atomic E-state index is 5.96. The Morgan fingerprint density at radius 2 is 1.60 bits per heavy atom. The highest BCUT2D eigenvalue weighted by Crippen LogP contribution is 2.35. The Morgan fingerprint density at radius 1 is 0.810 bits per heavy atom. The van der Waals surface area contributed by atoms with Crippen LogP contribution in [-0.4, -0.2) is 72.7 Å². The highest BCUT2D eigenvalue weighted by Gasteiger charge is 2.14. The van der Waals surface area contributed by atoms with E-state index < -0.39 is 0 Å². The number of fused-ring (bicyclic) bond motifs is 1. The van der Waals surface area contributed by atoms with Crippen molar-refractivity contribution in [3.8, 4) is 28.5 Å². The van der Waals surface area contributed by atoms with Crippen molar-refractivity contribution >= 4 is 22.4 Å². The Bertz CT molecular complexity index is 1610. The van der Waals surface area contributed by atoms with Crippen LogP contribution in [0.5, 0.6) is 17.2 Å². The maximum Gasteiger partial charge on any atom is 0.163 e. The summed E-state index contributed by atoms with van der Waals surface area (Å²) in [6.45, 7) is 2.37. The quantitative estimate of drug-likeness (QED) is 0.174. The zero-order valence-corrected chi connectivity index (χ0v) is 23.9. The summed E-state index contributed by atoms with van der Waals surface area (Å²) in [6.07, 6.45) is 4.29. The Morgan fingerprint density at radius 3 is 2.38 bits per heavy atom. The van der Waals surface area contributed by atoms with Crippen molar-refractivity contribution in [3.05, 3.63) is 78.8 Å². The van der Waals surface area contributed by atoms with Crippen LogP contribution in [0.1, 0.15) is 5.56 Å². The number of anilines is 2. The Balaban J connectivity index is 1.33. The van der Waals surface area contributed by atoms with Crippen molar-refractivity contribution in [2.75, 3.05) is 53.1 Å². The lowest BCUT2D eigenvalue weighted by Gasteiger charge is -2.15. The molecule has 0 bridgehead atoms. The van der Waals surface area contributed by atoms with Crippen molar-refractivity contribution in [1.29, 1.82) is 0 Å². The highest BCUT2D eigenvalue weighted by atomic mass is 16.5. The molecule has 0 aliphatic rings. The minimum atomic E-state index is 0.376. The first-order chi connectivity index (χ1) is 20.7. The van der Waals surface area contributed by atoms with Crippen molar-refractivity contribution in [1.82, 2.24) is 25.0 Å². The van der Waals surface area contributed by atoms with Crippen LogP contribution in [0.4, 0.5) is 11.5 Å². The van der Waals surface area contributed by atoms with E-state index in [1.807, 2.05) is 65.5 Å². The molecule has 0 fully saturated rings. The molecule has 0 saturated heterocycles. The van der Waals surface area contributed by atoms with Crippen LogP contribution in [0, 0.1) is 0 Å². The maximum atomic E-state index is 5.96. The van der Waals surface area contributed by atoms with Gasteiger partial charge in [0, 0.05) is 43.5 Å². The summed E-state index contributed by atoms with van der Waals surface area (Å²) in [4.78, 5) is 8.97. The molecule has 0 amide bonds. The third kappa shape index (κ3) is 7.31. The van der Waals surface area contributed by atoms with Gasteiger partial charge in [-0.05, 0) is 42.3 Å². The van der Waals surface area contributed by atoms with Crippen LogP contribution in [0.3, 0.4) is 0 Å². The SMILES string of the molecule is COCCOc1cc2ncnc(Nc3cccc(-c4cn(CCc5cccc(OC)c5)nn4)c3)c2cc1OCCOC. The lowest BCUT2D eigenvalue weighted by molar-refractivity contribution is 0.132. The molecule has 0 aliphatic carbocycles. The summed E-state index contributed by atoms with van der Waals surface area (Å²) < 4.78 is 29.3. The number of aryl methyl sites for hydroxylation is 2. The molecule has 5 rings (SSSR count). The average Bonchev–Trinajstić information content (AvgIpc) is 3.50. The fourth-order valence-corrected chi connectivity index (χ4v) is 4.36. The molecule has 1 N–H and O–H groups in total. The van der Waals surface area contributed by atoms with E-state index in [1.165, 1.54) is 11.9 Å². The van der Waals surface area contributed by atoms with Gasteiger partial charge in [0.15, 0.2) is 11.5 Å². The average molecular weight is 571 g/mol. The molecule has 218 valence electrons. The molecule has 0 radical (unpaired) electrons. The molecule has 11 heteroatoms. The molecule has 5 aromatic rings. The second kappa shape index (κ2) is 14.2. The molecule has 2 heterocycles. The molecule has 0 spiro atoms.